The van der Waals surface area contributed by atoms with Gasteiger partial charge < -0.3 is 9.80 Å². The van der Waals surface area contributed by atoms with Gasteiger partial charge in [0.2, 0.25) is 0 Å². The molecule has 1 atom stereocenters. The van der Waals surface area contributed by atoms with Crippen LogP contribution in [-0.2, 0) is 0 Å². The quantitative estimate of drug-likeness (QED) is 0.113. The molecule has 8 aromatic rings. The van der Waals surface area contributed by atoms with Crippen LogP contribution in [0.2, 0.25) is 0 Å². The highest BCUT2D eigenvalue weighted by Gasteiger charge is 2.21. The molecule has 65 heavy (non-hydrogen) atoms. The highest BCUT2D eigenvalue weighted by Crippen LogP contribution is 2.42. The van der Waals surface area contributed by atoms with Crippen molar-refractivity contribution < 1.29 is 0 Å². The van der Waals surface area contributed by atoms with Crippen LogP contribution in [0.1, 0.15) is 53.0 Å². The first-order valence-corrected chi connectivity index (χ1v) is 22.8. The summed E-state index contributed by atoms with van der Waals surface area (Å²) in [6, 6.07) is 79.1. The molecule has 2 aliphatic carbocycles. The maximum Gasteiger partial charge on any atom is 0.0461 e. The Hall–Kier alpha value is -7.94. The molecule has 2 nitrogen and oxygen atoms in total. The van der Waals surface area contributed by atoms with Crippen molar-refractivity contribution in [1.29, 1.82) is 0 Å². The van der Waals surface area contributed by atoms with Gasteiger partial charge in [0.1, 0.15) is 0 Å². The number of aryl methyl sites for hydroxylation is 1. The third-order valence-corrected chi connectivity index (χ3v) is 12.5. The monoisotopic (exact) mass is 836 g/mol. The van der Waals surface area contributed by atoms with Gasteiger partial charge in [0.05, 0.1) is 0 Å². The molecule has 2 aliphatic rings. The van der Waals surface area contributed by atoms with E-state index in [9.17, 15) is 0 Å². The molecule has 0 aromatic heterocycles. The van der Waals surface area contributed by atoms with Crippen molar-refractivity contribution in [2.75, 3.05) is 9.80 Å². The first-order valence-electron chi connectivity index (χ1n) is 22.8. The predicted octanol–water partition coefficient (Wildman–Crippen LogP) is 17.1. The highest BCUT2D eigenvalue weighted by molar-refractivity contribution is 6.05. The van der Waals surface area contributed by atoms with E-state index in [0.29, 0.717) is 0 Å². The van der Waals surface area contributed by atoms with Gasteiger partial charge in [0.25, 0.3) is 0 Å². The molecule has 10 rings (SSSR count). The first kappa shape index (κ1) is 41.1. The van der Waals surface area contributed by atoms with Crippen LogP contribution < -0.4 is 9.80 Å². The Morgan fingerprint density at radius 3 is 1.38 bits per heavy atom. The van der Waals surface area contributed by atoms with Crippen LogP contribution in [0.15, 0.2) is 266 Å². The lowest BCUT2D eigenvalue weighted by molar-refractivity contribution is 0.849. The molecule has 0 aliphatic heterocycles. The van der Waals surface area contributed by atoms with Crippen molar-refractivity contribution in [3.8, 4) is 11.1 Å². The van der Waals surface area contributed by atoms with E-state index in [4.69, 9.17) is 0 Å². The van der Waals surface area contributed by atoms with Crippen LogP contribution in [0.25, 0.3) is 22.3 Å². The molecule has 0 heterocycles. The summed E-state index contributed by atoms with van der Waals surface area (Å²) in [6.45, 7) is 2.16. The molecule has 2 heteroatoms. The number of hydrogen-bond acceptors (Lipinski definition) is 2. The number of anilines is 5. The summed E-state index contributed by atoms with van der Waals surface area (Å²) >= 11 is 0. The van der Waals surface area contributed by atoms with Gasteiger partial charge in [-0.15, -0.1) is 0 Å². The average Bonchev–Trinajstić information content (AvgIpc) is 3.38. The van der Waals surface area contributed by atoms with Crippen molar-refractivity contribution in [3.05, 3.63) is 294 Å². The van der Waals surface area contributed by atoms with E-state index in [1.807, 2.05) is 0 Å². The minimum absolute atomic E-state index is 0.274. The maximum absolute atomic E-state index is 2.45. The average molecular weight is 837 g/mol. The van der Waals surface area contributed by atoms with Crippen LogP contribution in [0.3, 0.4) is 0 Å². The van der Waals surface area contributed by atoms with E-state index in [2.05, 4.69) is 272 Å². The second-order valence-electron chi connectivity index (χ2n) is 16.8. The van der Waals surface area contributed by atoms with E-state index in [0.717, 1.165) is 47.7 Å². The Bertz CT molecular complexity index is 2960. The smallest absolute Gasteiger partial charge is 0.0461 e. The van der Waals surface area contributed by atoms with Crippen LogP contribution in [0, 0.1) is 6.92 Å². The van der Waals surface area contributed by atoms with Gasteiger partial charge in [-0.25, -0.2) is 0 Å². The summed E-state index contributed by atoms with van der Waals surface area (Å²) in [5, 5.41) is 0. The van der Waals surface area contributed by atoms with Gasteiger partial charge in [-0.2, -0.15) is 0 Å². The maximum atomic E-state index is 2.45. The molecule has 0 bridgehead atoms. The fourth-order valence-electron chi connectivity index (χ4n) is 9.18. The first-order chi connectivity index (χ1) is 32.2. The van der Waals surface area contributed by atoms with E-state index in [-0.39, 0.29) is 5.92 Å². The molecule has 0 amide bonds. The summed E-state index contributed by atoms with van der Waals surface area (Å²) in [7, 11) is 0. The van der Waals surface area contributed by atoms with Crippen molar-refractivity contribution >= 4 is 39.6 Å². The Kier molecular flexibility index (Phi) is 12.1. The molecule has 0 saturated carbocycles. The number of allylic oxidation sites excluding steroid dienone is 8. The van der Waals surface area contributed by atoms with Crippen molar-refractivity contribution in [3.63, 3.8) is 0 Å². The molecule has 0 radical (unpaired) electrons. The summed E-state index contributed by atoms with van der Waals surface area (Å²) in [5.74, 6) is 0.274. The van der Waals surface area contributed by atoms with Crippen LogP contribution >= 0.6 is 0 Å². The summed E-state index contributed by atoms with van der Waals surface area (Å²) < 4.78 is 0. The fourth-order valence-corrected chi connectivity index (χ4v) is 9.18. The number of rotatable bonds is 12. The van der Waals surface area contributed by atoms with E-state index < -0.39 is 0 Å². The van der Waals surface area contributed by atoms with Crippen molar-refractivity contribution in [1.82, 2.24) is 0 Å². The highest BCUT2D eigenvalue weighted by atomic mass is 15.1. The van der Waals surface area contributed by atoms with E-state index in [1.165, 1.54) is 61.4 Å². The minimum Gasteiger partial charge on any atom is -0.311 e. The lowest BCUT2D eigenvalue weighted by Gasteiger charge is -2.27. The second-order valence-corrected chi connectivity index (χ2v) is 16.8. The number of para-hydroxylation sites is 3. The zero-order chi connectivity index (χ0) is 43.8. The normalized spacial score (nSPS) is 14.8. The standard InChI is InChI=1S/C63H52N2/c1-47-27-29-53(30-28-47)63(55-37-33-49(34-38-55)51-41-45-61(46-42-51)65(58-23-13-5-14-24-58)59-25-15-6-16-26-59)62(52-17-7-2-8-18-52)54-35-31-48(32-36-54)50-39-43-60(44-40-50)64(56-19-9-3-10-20-56)57-21-11-4-12-22-57/h2-5,7-15,17-31,33-46,48H,6,16,32H2,1H3/b63-62-. The predicted molar refractivity (Wildman–Crippen MR) is 276 cm³/mol. The Balaban J connectivity index is 0.970. The molecular weight excluding hydrogens is 785 g/mol. The molecular formula is C63H52N2. The number of hydrogen-bond donors (Lipinski definition) is 0. The van der Waals surface area contributed by atoms with Gasteiger partial charge in [0, 0.05) is 40.1 Å². The molecule has 314 valence electrons. The van der Waals surface area contributed by atoms with Gasteiger partial charge in [-0.3, -0.25) is 0 Å². The summed E-state index contributed by atoms with van der Waals surface area (Å²) in [6.07, 6.45) is 17.1. The third kappa shape index (κ3) is 9.12. The third-order valence-electron chi connectivity index (χ3n) is 12.5. The van der Waals surface area contributed by atoms with Crippen molar-refractivity contribution in [2.45, 2.75) is 32.1 Å². The minimum atomic E-state index is 0.274. The molecule has 0 N–H and O–H groups in total. The van der Waals surface area contributed by atoms with Crippen LogP contribution in [0.5, 0.6) is 0 Å². The Morgan fingerprint density at radius 2 is 0.862 bits per heavy atom. The Labute approximate surface area is 384 Å². The topological polar surface area (TPSA) is 6.48 Å². The number of benzene rings is 8. The van der Waals surface area contributed by atoms with Crippen LogP contribution in [0.4, 0.5) is 28.4 Å². The SMILES string of the molecule is Cc1ccc(/C(=C(/C2=CCC(c3ccc(N(c4ccccc4)c4ccccc4)cc3)C=C2)c2ccccc2)c2ccc(-c3ccc(N(C4=CCCC=C4)c4ccccc4)cc3)cc2)cc1. The van der Waals surface area contributed by atoms with Gasteiger partial charge in [-0.05, 0) is 143 Å². The number of nitrogens with zero attached hydrogens (tertiary/aromatic N) is 2. The van der Waals surface area contributed by atoms with Gasteiger partial charge >= 0.3 is 0 Å². The molecule has 0 saturated heterocycles. The molecule has 8 aromatic carbocycles. The largest absolute Gasteiger partial charge is 0.311 e. The van der Waals surface area contributed by atoms with Gasteiger partial charge in [0.15, 0.2) is 0 Å². The lowest BCUT2D eigenvalue weighted by atomic mass is 9.81. The van der Waals surface area contributed by atoms with E-state index in [1.54, 1.807) is 0 Å². The zero-order valence-electron chi connectivity index (χ0n) is 36.8. The lowest BCUT2D eigenvalue weighted by Crippen LogP contribution is -2.16. The van der Waals surface area contributed by atoms with Crippen molar-refractivity contribution in [2.24, 2.45) is 0 Å². The van der Waals surface area contributed by atoms with E-state index >= 15 is 0 Å². The Morgan fingerprint density at radius 1 is 0.400 bits per heavy atom. The molecule has 0 spiro atoms. The summed E-state index contributed by atoms with van der Waals surface area (Å²) in [4.78, 5) is 4.67. The second kappa shape index (κ2) is 19.2. The summed E-state index contributed by atoms with van der Waals surface area (Å²) in [5.41, 5.74) is 19.2. The van der Waals surface area contributed by atoms with Crippen LogP contribution in [-0.4, -0.2) is 0 Å². The molecule has 0 fully saturated rings. The van der Waals surface area contributed by atoms with Gasteiger partial charge in [-0.1, -0.05) is 194 Å². The zero-order valence-corrected chi connectivity index (χ0v) is 36.8. The fraction of sp³-hybridized carbons (Fsp3) is 0.0794. The molecule has 1 unspecified atom stereocenters.